The number of hydrogen-bond donors (Lipinski definition) is 1. The number of carbonyl (C=O) groups is 2. The molecule has 2 aromatic carbocycles. The third kappa shape index (κ3) is 3.16. The van der Waals surface area contributed by atoms with Crippen LogP contribution in [0.2, 0.25) is 0 Å². The number of Topliss-reactive ketones (excluding diaryl/α,β-unsaturated/α-hetero) is 1. The Kier molecular flexibility index (Phi) is 3.88. The van der Waals surface area contributed by atoms with E-state index >= 15 is 0 Å². The van der Waals surface area contributed by atoms with Crippen molar-refractivity contribution in [2.75, 3.05) is 0 Å². The van der Waals surface area contributed by atoms with E-state index in [0.29, 0.717) is 11.1 Å². The van der Waals surface area contributed by atoms with Gasteiger partial charge in [0.25, 0.3) is 0 Å². The highest BCUT2D eigenvalue weighted by atomic mass is 16.4. The average molecular weight is 252 g/mol. The molecular formula is C16H12O3. The first kappa shape index (κ1) is 12.8. The van der Waals surface area contributed by atoms with Crippen molar-refractivity contribution in [3.63, 3.8) is 0 Å². The molecule has 3 nitrogen and oxygen atoms in total. The van der Waals surface area contributed by atoms with Gasteiger partial charge in [0.05, 0.1) is 0 Å². The van der Waals surface area contributed by atoms with Crippen molar-refractivity contribution >= 4 is 17.3 Å². The Balaban J connectivity index is 2.46. The molecule has 2 rings (SSSR count). The average Bonchev–Trinajstić information content (AvgIpc) is 2.46. The Hall–Kier alpha value is -2.68. The van der Waals surface area contributed by atoms with E-state index in [0.717, 1.165) is 6.08 Å². The van der Waals surface area contributed by atoms with E-state index in [2.05, 4.69) is 0 Å². The number of hydrogen-bond acceptors (Lipinski definition) is 2. The van der Waals surface area contributed by atoms with E-state index in [4.69, 9.17) is 5.11 Å². The second-order valence-corrected chi connectivity index (χ2v) is 3.96. The second kappa shape index (κ2) is 5.78. The first-order chi connectivity index (χ1) is 9.18. The molecule has 0 radical (unpaired) electrons. The predicted molar refractivity (Wildman–Crippen MR) is 72.8 cm³/mol. The lowest BCUT2D eigenvalue weighted by Crippen LogP contribution is -2.05. The number of carboxylic acids is 1. The van der Waals surface area contributed by atoms with Crippen LogP contribution in [0.15, 0.2) is 66.7 Å². The molecule has 0 aromatic heterocycles. The molecule has 0 unspecified atom stereocenters. The summed E-state index contributed by atoms with van der Waals surface area (Å²) in [6, 6.07) is 17.4. The Morgan fingerprint density at radius 3 is 1.74 bits per heavy atom. The monoisotopic (exact) mass is 252 g/mol. The van der Waals surface area contributed by atoms with Crippen LogP contribution in [0, 0.1) is 0 Å². The Bertz CT molecular complexity index is 613. The van der Waals surface area contributed by atoms with Gasteiger partial charge in [-0.25, -0.2) is 4.79 Å². The lowest BCUT2D eigenvalue weighted by Gasteiger charge is -2.06. The topological polar surface area (TPSA) is 54.4 Å². The van der Waals surface area contributed by atoms with Gasteiger partial charge in [0.15, 0.2) is 5.78 Å². The fourth-order valence-electron chi connectivity index (χ4n) is 1.77. The van der Waals surface area contributed by atoms with Gasteiger partial charge in [-0.1, -0.05) is 60.7 Å². The fraction of sp³-hybridized carbons (Fsp3) is 0. The SMILES string of the molecule is O=C(O)C=C(C(=O)c1ccccc1)c1ccccc1. The first-order valence-electron chi connectivity index (χ1n) is 5.78. The summed E-state index contributed by atoms with van der Waals surface area (Å²) in [6.07, 6.45) is 0.949. The highest BCUT2D eigenvalue weighted by Gasteiger charge is 2.15. The van der Waals surface area contributed by atoms with Crippen molar-refractivity contribution in [2.45, 2.75) is 0 Å². The summed E-state index contributed by atoms with van der Waals surface area (Å²) in [5.41, 5.74) is 1.25. The van der Waals surface area contributed by atoms with Crippen molar-refractivity contribution < 1.29 is 14.7 Å². The van der Waals surface area contributed by atoms with Crippen molar-refractivity contribution in [3.8, 4) is 0 Å². The summed E-state index contributed by atoms with van der Waals surface area (Å²) in [5, 5.41) is 8.91. The molecule has 1 N–H and O–H groups in total. The normalized spacial score (nSPS) is 11.1. The van der Waals surface area contributed by atoms with Crippen LogP contribution in [0.5, 0.6) is 0 Å². The van der Waals surface area contributed by atoms with Crippen molar-refractivity contribution in [1.82, 2.24) is 0 Å². The van der Waals surface area contributed by atoms with Crippen molar-refractivity contribution in [3.05, 3.63) is 77.9 Å². The number of ketones is 1. The third-order valence-corrected chi connectivity index (χ3v) is 2.63. The van der Waals surface area contributed by atoms with Gasteiger partial charge in [-0.2, -0.15) is 0 Å². The standard InChI is InChI=1S/C16H12O3/c17-15(18)11-14(12-7-3-1-4-8-12)16(19)13-9-5-2-6-10-13/h1-11H,(H,17,18). The minimum absolute atomic E-state index is 0.180. The van der Waals surface area contributed by atoms with Crippen LogP contribution in [-0.4, -0.2) is 16.9 Å². The number of carboxylic acid groups (broad SMARTS) is 1. The molecular weight excluding hydrogens is 240 g/mol. The quantitative estimate of drug-likeness (QED) is 0.672. The highest BCUT2D eigenvalue weighted by molar-refractivity contribution is 6.31. The van der Waals surface area contributed by atoms with Gasteiger partial charge in [0.1, 0.15) is 0 Å². The summed E-state index contributed by atoms with van der Waals surface area (Å²) in [4.78, 5) is 23.2. The Labute approximate surface area is 110 Å². The zero-order valence-corrected chi connectivity index (χ0v) is 10.1. The highest BCUT2D eigenvalue weighted by Crippen LogP contribution is 2.19. The summed E-state index contributed by atoms with van der Waals surface area (Å²) in [6.45, 7) is 0. The van der Waals surface area contributed by atoms with Crippen molar-refractivity contribution in [1.29, 1.82) is 0 Å². The molecule has 0 fully saturated rings. The van der Waals surface area contributed by atoms with Gasteiger partial charge >= 0.3 is 5.97 Å². The molecule has 0 aliphatic rings. The molecule has 2 aromatic rings. The van der Waals surface area contributed by atoms with E-state index in [1.165, 1.54) is 0 Å². The van der Waals surface area contributed by atoms with Crippen LogP contribution in [0.1, 0.15) is 15.9 Å². The molecule has 0 heterocycles. The van der Waals surface area contributed by atoms with E-state index in [-0.39, 0.29) is 11.4 Å². The molecule has 0 saturated carbocycles. The largest absolute Gasteiger partial charge is 0.478 e. The molecule has 0 saturated heterocycles. The first-order valence-corrected chi connectivity index (χ1v) is 5.78. The van der Waals surface area contributed by atoms with Crippen LogP contribution in [0.3, 0.4) is 0 Å². The molecule has 0 aliphatic heterocycles. The molecule has 0 amide bonds. The molecule has 0 atom stereocenters. The zero-order valence-electron chi connectivity index (χ0n) is 10.1. The fourth-order valence-corrected chi connectivity index (χ4v) is 1.77. The number of aliphatic carboxylic acids is 1. The third-order valence-electron chi connectivity index (χ3n) is 2.63. The van der Waals surface area contributed by atoms with E-state index in [9.17, 15) is 9.59 Å². The summed E-state index contributed by atoms with van der Waals surface area (Å²) in [7, 11) is 0. The van der Waals surface area contributed by atoms with Crippen LogP contribution in [-0.2, 0) is 4.79 Å². The molecule has 0 spiro atoms. The summed E-state index contributed by atoms with van der Waals surface area (Å²) < 4.78 is 0. The van der Waals surface area contributed by atoms with Gasteiger partial charge in [0, 0.05) is 17.2 Å². The molecule has 0 aliphatic carbocycles. The maximum absolute atomic E-state index is 12.3. The number of rotatable bonds is 4. The van der Waals surface area contributed by atoms with Gasteiger partial charge in [-0.3, -0.25) is 4.79 Å². The maximum atomic E-state index is 12.3. The molecule has 0 bridgehead atoms. The van der Waals surface area contributed by atoms with Gasteiger partial charge in [-0.15, -0.1) is 0 Å². The molecule has 19 heavy (non-hydrogen) atoms. The second-order valence-electron chi connectivity index (χ2n) is 3.96. The Morgan fingerprint density at radius 2 is 1.26 bits per heavy atom. The Morgan fingerprint density at radius 1 is 0.789 bits per heavy atom. The number of allylic oxidation sites excluding steroid dienone is 1. The lowest BCUT2D eigenvalue weighted by atomic mass is 9.96. The lowest BCUT2D eigenvalue weighted by molar-refractivity contribution is -0.131. The molecule has 94 valence electrons. The zero-order chi connectivity index (χ0) is 13.7. The van der Waals surface area contributed by atoms with Gasteiger partial charge in [-0.05, 0) is 5.56 Å². The molecule has 3 heteroatoms. The number of benzene rings is 2. The van der Waals surface area contributed by atoms with Gasteiger partial charge < -0.3 is 5.11 Å². The maximum Gasteiger partial charge on any atom is 0.329 e. The smallest absolute Gasteiger partial charge is 0.329 e. The predicted octanol–water partition coefficient (Wildman–Crippen LogP) is 3.04. The van der Waals surface area contributed by atoms with E-state index in [1.54, 1.807) is 54.6 Å². The van der Waals surface area contributed by atoms with Gasteiger partial charge in [0.2, 0.25) is 0 Å². The minimum atomic E-state index is -1.14. The number of carbonyl (C=O) groups excluding carboxylic acids is 1. The van der Waals surface area contributed by atoms with E-state index < -0.39 is 5.97 Å². The summed E-state index contributed by atoms with van der Waals surface area (Å²) >= 11 is 0. The van der Waals surface area contributed by atoms with Crippen molar-refractivity contribution in [2.24, 2.45) is 0 Å². The van der Waals surface area contributed by atoms with E-state index in [1.807, 2.05) is 6.07 Å². The van der Waals surface area contributed by atoms with Crippen LogP contribution in [0.4, 0.5) is 0 Å². The van der Waals surface area contributed by atoms with Crippen LogP contribution in [0.25, 0.3) is 5.57 Å². The summed E-state index contributed by atoms with van der Waals surface area (Å²) in [5.74, 6) is -1.43. The minimum Gasteiger partial charge on any atom is -0.478 e. The van der Waals surface area contributed by atoms with Crippen LogP contribution >= 0.6 is 0 Å². The van der Waals surface area contributed by atoms with Crippen LogP contribution < -0.4 is 0 Å².